The number of alkyl halides is 3. The van der Waals surface area contributed by atoms with Gasteiger partial charge in [0.1, 0.15) is 11.6 Å². The molecule has 3 rings (SSSR count). The summed E-state index contributed by atoms with van der Waals surface area (Å²) in [5.74, 6) is -4.87. The minimum Gasteiger partial charge on any atom is -0.333 e. The van der Waals surface area contributed by atoms with Crippen molar-refractivity contribution in [1.82, 2.24) is 19.7 Å². The zero-order valence-electron chi connectivity index (χ0n) is 18.0. The SMILES string of the molecule is Cl.[2H]C1([2H])N(C(=O)C[C@H](N)Cc2cc(F)ccc2F)Cc2nnc(C(F)(F)F)n2C1([2H])[2H]. The number of carbonyl (C=O) groups excluding carboxylic acids is 1. The molecule has 12 heteroatoms. The molecule has 28 heavy (non-hydrogen) atoms. The lowest BCUT2D eigenvalue weighted by molar-refractivity contribution is -0.148. The number of aromatic nitrogens is 3. The standard InChI is InChI=1S/C16H16F5N5O.ClH/c17-10-1-2-12(18)9(5-10)6-11(22)7-14(27)25-3-4-26-13(8-25)23-24-15(26)16(19,20)21;/h1-2,5,11H,3-4,6-8,22H2;1H/t11-;/m1./s1/i3D2,4D2;. The maximum atomic E-state index is 13.8. The summed E-state index contributed by atoms with van der Waals surface area (Å²) in [6, 6.07) is 1.56. The number of nitrogens with zero attached hydrogens (tertiary/aromatic N) is 4. The van der Waals surface area contributed by atoms with Gasteiger partial charge in [0.05, 0.1) is 12.0 Å². The number of rotatable bonds is 4. The molecule has 1 amide bonds. The average Bonchev–Trinajstić information content (AvgIpc) is 3.06. The van der Waals surface area contributed by atoms with Crippen molar-refractivity contribution in [1.29, 1.82) is 0 Å². The molecule has 154 valence electrons. The van der Waals surface area contributed by atoms with Crippen molar-refractivity contribution in [3.8, 4) is 0 Å². The molecular weight excluding hydrogens is 409 g/mol. The summed E-state index contributed by atoms with van der Waals surface area (Å²) in [4.78, 5) is 13.0. The second-order valence-corrected chi connectivity index (χ2v) is 5.88. The van der Waals surface area contributed by atoms with Crippen LogP contribution in [0.15, 0.2) is 18.2 Å². The highest BCUT2D eigenvalue weighted by Gasteiger charge is 2.39. The Morgan fingerprint density at radius 3 is 2.68 bits per heavy atom. The Morgan fingerprint density at radius 1 is 1.29 bits per heavy atom. The molecule has 0 fully saturated rings. The Labute approximate surface area is 168 Å². The Bertz CT molecular complexity index is 1020. The monoisotopic (exact) mass is 429 g/mol. The molecule has 0 bridgehead atoms. The number of hydrogen-bond acceptors (Lipinski definition) is 4. The van der Waals surface area contributed by atoms with Crippen molar-refractivity contribution in [3.63, 3.8) is 0 Å². The molecule has 1 aliphatic rings. The molecule has 2 aromatic rings. The van der Waals surface area contributed by atoms with Crippen LogP contribution in [0.3, 0.4) is 0 Å². The lowest BCUT2D eigenvalue weighted by Gasteiger charge is -2.29. The van der Waals surface area contributed by atoms with Crippen LogP contribution in [0.5, 0.6) is 0 Å². The third-order valence-electron chi connectivity index (χ3n) is 3.81. The summed E-state index contributed by atoms with van der Waals surface area (Å²) in [5, 5.41) is 6.16. The molecule has 0 unspecified atom stereocenters. The first kappa shape index (κ1) is 16.7. The first-order chi connectivity index (χ1) is 14.2. The Kier molecular flexibility index (Phi) is 5.00. The summed E-state index contributed by atoms with van der Waals surface area (Å²) < 4.78 is 98.4. The van der Waals surface area contributed by atoms with Gasteiger partial charge in [-0.1, -0.05) is 0 Å². The van der Waals surface area contributed by atoms with Crippen LogP contribution in [0.4, 0.5) is 22.0 Å². The Balaban J connectivity index is 0.00000363. The fourth-order valence-electron chi connectivity index (χ4n) is 2.55. The Morgan fingerprint density at radius 2 is 2.00 bits per heavy atom. The maximum Gasteiger partial charge on any atom is 0.451 e. The maximum absolute atomic E-state index is 13.8. The molecule has 0 saturated carbocycles. The number of benzene rings is 1. The molecule has 0 radical (unpaired) electrons. The van der Waals surface area contributed by atoms with Crippen LogP contribution in [0, 0.1) is 11.6 Å². The molecule has 1 atom stereocenters. The largest absolute Gasteiger partial charge is 0.451 e. The van der Waals surface area contributed by atoms with Crippen LogP contribution in [0.25, 0.3) is 0 Å². The molecule has 1 aromatic carbocycles. The normalized spacial score (nSPS) is 20.7. The van der Waals surface area contributed by atoms with Crippen LogP contribution in [0.1, 0.15) is 29.1 Å². The predicted octanol–water partition coefficient (Wildman–Crippen LogP) is 2.30. The van der Waals surface area contributed by atoms with Gasteiger partial charge in [0.25, 0.3) is 0 Å². The summed E-state index contributed by atoms with van der Waals surface area (Å²) in [7, 11) is 0. The fourth-order valence-corrected chi connectivity index (χ4v) is 2.55. The zero-order chi connectivity index (χ0) is 23.4. The van der Waals surface area contributed by atoms with Crippen LogP contribution in [-0.2, 0) is 30.4 Å². The van der Waals surface area contributed by atoms with Gasteiger partial charge < -0.3 is 15.2 Å². The van der Waals surface area contributed by atoms with Crippen LogP contribution in [-0.4, -0.2) is 38.1 Å². The van der Waals surface area contributed by atoms with Gasteiger partial charge in [-0.3, -0.25) is 4.79 Å². The molecule has 0 aliphatic carbocycles. The van der Waals surface area contributed by atoms with Crippen LogP contribution >= 0.6 is 12.4 Å². The number of carbonyl (C=O) groups is 1. The number of halogens is 6. The second kappa shape index (κ2) is 8.39. The molecule has 1 aliphatic heterocycles. The smallest absolute Gasteiger partial charge is 0.333 e. The van der Waals surface area contributed by atoms with E-state index >= 15 is 0 Å². The summed E-state index contributed by atoms with van der Waals surface area (Å²) in [6.45, 7) is -7.37. The molecule has 1 aromatic heterocycles. The molecule has 6 nitrogen and oxygen atoms in total. The highest BCUT2D eigenvalue weighted by molar-refractivity contribution is 5.85. The molecule has 2 N–H and O–H groups in total. The van der Waals surface area contributed by atoms with E-state index in [4.69, 9.17) is 11.2 Å². The average molecular weight is 430 g/mol. The second-order valence-electron chi connectivity index (χ2n) is 5.88. The third kappa shape index (κ3) is 4.76. The van der Waals surface area contributed by atoms with Gasteiger partial charge in [-0.25, -0.2) is 8.78 Å². The van der Waals surface area contributed by atoms with E-state index in [9.17, 15) is 26.7 Å². The van der Waals surface area contributed by atoms with Crippen molar-refractivity contribution in [2.45, 2.75) is 38.1 Å². The van der Waals surface area contributed by atoms with Gasteiger partial charge in [-0.15, -0.1) is 22.6 Å². The Hall–Kier alpha value is -2.27. The van der Waals surface area contributed by atoms with E-state index in [0.29, 0.717) is 4.90 Å². The zero-order valence-corrected chi connectivity index (χ0v) is 14.8. The summed E-state index contributed by atoms with van der Waals surface area (Å²) in [6.07, 6.45) is -5.99. The number of amides is 1. The first-order valence-corrected chi connectivity index (χ1v) is 7.68. The lowest BCUT2D eigenvalue weighted by atomic mass is 10.0. The van der Waals surface area contributed by atoms with Gasteiger partial charge in [0.2, 0.25) is 11.7 Å². The van der Waals surface area contributed by atoms with Crippen molar-refractivity contribution >= 4 is 18.3 Å². The van der Waals surface area contributed by atoms with Crippen molar-refractivity contribution < 1.29 is 32.2 Å². The number of nitrogens with two attached hydrogens (primary N) is 1. The van der Waals surface area contributed by atoms with E-state index in [1.165, 1.54) is 0 Å². The molecule has 0 spiro atoms. The van der Waals surface area contributed by atoms with E-state index < -0.39 is 67.4 Å². The minimum atomic E-state index is -5.10. The highest BCUT2D eigenvalue weighted by Crippen LogP contribution is 2.29. The lowest BCUT2D eigenvalue weighted by Crippen LogP contribution is -2.42. The van der Waals surface area contributed by atoms with E-state index in [0.717, 1.165) is 18.2 Å². The number of fused-ring (bicyclic) bond motifs is 1. The molecule has 0 saturated heterocycles. The van der Waals surface area contributed by atoms with E-state index in [1.54, 1.807) is 0 Å². The van der Waals surface area contributed by atoms with E-state index in [-0.39, 0.29) is 29.0 Å². The summed E-state index contributed by atoms with van der Waals surface area (Å²) >= 11 is 0. The van der Waals surface area contributed by atoms with Gasteiger partial charge in [-0.2, -0.15) is 13.2 Å². The molecular formula is C16H17ClF5N5O. The van der Waals surface area contributed by atoms with Crippen molar-refractivity contribution in [3.05, 3.63) is 47.0 Å². The van der Waals surface area contributed by atoms with Crippen molar-refractivity contribution in [2.75, 3.05) is 6.50 Å². The predicted molar refractivity (Wildman–Crippen MR) is 90.3 cm³/mol. The van der Waals surface area contributed by atoms with Gasteiger partial charge in [0, 0.05) is 25.5 Å². The highest BCUT2D eigenvalue weighted by atomic mass is 35.5. The van der Waals surface area contributed by atoms with Gasteiger partial charge in [0.15, 0.2) is 5.82 Å². The van der Waals surface area contributed by atoms with Crippen LogP contribution < -0.4 is 5.73 Å². The van der Waals surface area contributed by atoms with Gasteiger partial charge >= 0.3 is 6.18 Å². The van der Waals surface area contributed by atoms with Gasteiger partial charge in [-0.05, 0) is 30.2 Å². The fraction of sp³-hybridized carbons (Fsp3) is 0.438. The molecule has 2 heterocycles. The van der Waals surface area contributed by atoms with E-state index in [2.05, 4.69) is 10.2 Å². The first-order valence-electron chi connectivity index (χ1n) is 9.68. The third-order valence-corrected chi connectivity index (χ3v) is 3.81. The van der Waals surface area contributed by atoms with Crippen LogP contribution in [0.2, 0.25) is 0 Å². The summed E-state index contributed by atoms with van der Waals surface area (Å²) in [5.41, 5.74) is 5.69. The minimum absolute atomic E-state index is 0. The number of hydrogen-bond donors (Lipinski definition) is 1. The van der Waals surface area contributed by atoms with Crippen molar-refractivity contribution in [2.24, 2.45) is 5.73 Å². The quantitative estimate of drug-likeness (QED) is 0.757. The topological polar surface area (TPSA) is 77.0 Å². The van der Waals surface area contributed by atoms with E-state index in [1.807, 2.05) is 0 Å².